The Kier molecular flexibility index (Phi) is 6.06. The van der Waals surface area contributed by atoms with Gasteiger partial charge in [-0.2, -0.15) is 0 Å². The van der Waals surface area contributed by atoms with Crippen molar-refractivity contribution in [1.29, 1.82) is 0 Å². The van der Waals surface area contributed by atoms with Crippen molar-refractivity contribution in [2.75, 3.05) is 6.61 Å². The second-order valence-electron chi connectivity index (χ2n) is 4.48. The summed E-state index contributed by atoms with van der Waals surface area (Å²) >= 11 is 6.12. The van der Waals surface area contributed by atoms with Gasteiger partial charge < -0.3 is 10.5 Å². The Morgan fingerprint density at radius 1 is 1.39 bits per heavy atom. The molecule has 3 nitrogen and oxygen atoms in total. The van der Waals surface area contributed by atoms with Crippen molar-refractivity contribution in [3.8, 4) is 0 Å². The van der Waals surface area contributed by atoms with Crippen molar-refractivity contribution >= 4 is 11.6 Å². The lowest BCUT2D eigenvalue weighted by molar-refractivity contribution is -0.0633. The van der Waals surface area contributed by atoms with Gasteiger partial charge in [-0.15, -0.1) is 0 Å². The van der Waals surface area contributed by atoms with Crippen molar-refractivity contribution in [2.24, 2.45) is 5.73 Å². The molecular formula is C14H23ClN2O. The van der Waals surface area contributed by atoms with Crippen molar-refractivity contribution in [2.45, 2.75) is 51.7 Å². The van der Waals surface area contributed by atoms with E-state index in [9.17, 15) is 0 Å². The summed E-state index contributed by atoms with van der Waals surface area (Å²) in [5, 5.41) is 0.672. The number of aromatic nitrogens is 1. The fourth-order valence-electron chi connectivity index (χ4n) is 2.37. The van der Waals surface area contributed by atoms with E-state index in [0.717, 1.165) is 18.4 Å². The molecule has 1 unspecified atom stereocenters. The first-order valence-corrected chi connectivity index (χ1v) is 6.95. The number of rotatable bonds is 7. The van der Waals surface area contributed by atoms with Crippen LogP contribution >= 0.6 is 11.6 Å². The molecule has 0 aromatic carbocycles. The summed E-state index contributed by atoms with van der Waals surface area (Å²) in [6, 6.07) is 1.86. The lowest BCUT2D eigenvalue weighted by Crippen LogP contribution is -2.50. The Morgan fingerprint density at radius 2 is 2.06 bits per heavy atom. The minimum absolute atomic E-state index is 0.0626. The Labute approximate surface area is 115 Å². The van der Waals surface area contributed by atoms with Crippen LogP contribution in [0.25, 0.3) is 0 Å². The van der Waals surface area contributed by atoms with Crippen LogP contribution in [0, 0.1) is 0 Å². The maximum absolute atomic E-state index is 6.36. The molecule has 0 bridgehead atoms. The average molecular weight is 271 g/mol. The molecule has 0 amide bonds. The molecule has 1 atom stereocenters. The summed E-state index contributed by atoms with van der Waals surface area (Å²) < 4.78 is 5.92. The van der Waals surface area contributed by atoms with Gasteiger partial charge in [-0.3, -0.25) is 4.98 Å². The van der Waals surface area contributed by atoms with Crippen LogP contribution in [0.4, 0.5) is 0 Å². The van der Waals surface area contributed by atoms with Crippen molar-refractivity contribution in [3.05, 3.63) is 29.0 Å². The first-order valence-electron chi connectivity index (χ1n) is 6.57. The molecule has 0 aliphatic carbocycles. The summed E-state index contributed by atoms with van der Waals surface area (Å²) in [5.41, 5.74) is 7.13. The summed E-state index contributed by atoms with van der Waals surface area (Å²) in [6.45, 7) is 6.92. The normalized spacial score (nSPS) is 13.6. The van der Waals surface area contributed by atoms with Crippen LogP contribution in [0.2, 0.25) is 5.02 Å². The highest BCUT2D eigenvalue weighted by atomic mass is 35.5. The molecule has 2 N–H and O–H groups in total. The zero-order valence-electron chi connectivity index (χ0n) is 11.4. The van der Waals surface area contributed by atoms with Crippen molar-refractivity contribution < 1.29 is 4.74 Å². The van der Waals surface area contributed by atoms with E-state index in [1.165, 1.54) is 0 Å². The molecule has 1 aromatic heterocycles. The Balaban J connectivity index is 2.85. The number of pyridine rings is 1. The fourth-order valence-corrected chi connectivity index (χ4v) is 2.56. The van der Waals surface area contributed by atoms with Crippen LogP contribution in [-0.2, 0) is 11.2 Å². The molecule has 4 heteroatoms. The van der Waals surface area contributed by atoms with E-state index in [4.69, 9.17) is 22.1 Å². The number of nitrogens with two attached hydrogens (primary N) is 1. The molecule has 0 aliphatic heterocycles. The van der Waals surface area contributed by atoms with Crippen molar-refractivity contribution in [3.63, 3.8) is 0 Å². The van der Waals surface area contributed by atoms with E-state index in [1.807, 2.05) is 13.0 Å². The predicted molar refractivity (Wildman–Crippen MR) is 75.9 cm³/mol. The van der Waals surface area contributed by atoms with Gasteiger partial charge in [0.2, 0.25) is 0 Å². The summed E-state index contributed by atoms with van der Waals surface area (Å²) in [6.07, 6.45) is 5.92. The van der Waals surface area contributed by atoms with Gasteiger partial charge in [-0.1, -0.05) is 25.4 Å². The number of nitrogens with zero attached hydrogens (tertiary/aromatic N) is 1. The van der Waals surface area contributed by atoms with Gasteiger partial charge >= 0.3 is 0 Å². The van der Waals surface area contributed by atoms with E-state index in [1.54, 1.807) is 12.4 Å². The molecular weight excluding hydrogens is 248 g/mol. The molecule has 1 heterocycles. The van der Waals surface area contributed by atoms with Gasteiger partial charge in [0, 0.05) is 25.0 Å². The van der Waals surface area contributed by atoms with E-state index in [0.29, 0.717) is 18.1 Å². The number of hydrogen-bond acceptors (Lipinski definition) is 3. The van der Waals surface area contributed by atoms with Gasteiger partial charge in [-0.05, 0) is 37.8 Å². The monoisotopic (exact) mass is 270 g/mol. The quantitative estimate of drug-likeness (QED) is 0.828. The topological polar surface area (TPSA) is 48.1 Å². The largest absolute Gasteiger partial charge is 0.374 e. The summed E-state index contributed by atoms with van der Waals surface area (Å²) in [4.78, 5) is 3.99. The zero-order valence-corrected chi connectivity index (χ0v) is 12.2. The average Bonchev–Trinajstić information content (AvgIpc) is 2.38. The molecule has 0 aliphatic rings. The van der Waals surface area contributed by atoms with E-state index >= 15 is 0 Å². The van der Waals surface area contributed by atoms with Crippen LogP contribution in [-0.4, -0.2) is 23.2 Å². The van der Waals surface area contributed by atoms with E-state index in [-0.39, 0.29) is 11.6 Å². The molecule has 0 saturated carbocycles. The molecule has 102 valence electrons. The highest BCUT2D eigenvalue weighted by Gasteiger charge is 2.34. The summed E-state index contributed by atoms with van der Waals surface area (Å²) in [5.74, 6) is 0. The zero-order chi connectivity index (χ0) is 13.6. The van der Waals surface area contributed by atoms with Gasteiger partial charge in [0.15, 0.2) is 0 Å². The van der Waals surface area contributed by atoms with Crippen LogP contribution in [0.5, 0.6) is 0 Å². The molecule has 0 radical (unpaired) electrons. The van der Waals surface area contributed by atoms with Crippen LogP contribution < -0.4 is 5.73 Å². The van der Waals surface area contributed by atoms with Gasteiger partial charge in [0.05, 0.1) is 10.6 Å². The van der Waals surface area contributed by atoms with Gasteiger partial charge in [-0.25, -0.2) is 0 Å². The second-order valence-corrected chi connectivity index (χ2v) is 4.89. The molecule has 0 fully saturated rings. The Morgan fingerprint density at radius 3 is 2.56 bits per heavy atom. The van der Waals surface area contributed by atoms with E-state index < -0.39 is 0 Å². The van der Waals surface area contributed by atoms with Gasteiger partial charge in [0.1, 0.15) is 0 Å². The maximum Gasteiger partial charge on any atom is 0.0830 e. The van der Waals surface area contributed by atoms with Gasteiger partial charge in [0.25, 0.3) is 0 Å². The molecule has 0 saturated heterocycles. The van der Waals surface area contributed by atoms with Crippen LogP contribution in [0.1, 0.15) is 39.2 Å². The van der Waals surface area contributed by atoms with Crippen LogP contribution in [0.3, 0.4) is 0 Å². The highest BCUT2D eigenvalue weighted by molar-refractivity contribution is 6.31. The number of halogens is 1. The predicted octanol–water partition coefficient (Wildman–Crippen LogP) is 3.20. The first kappa shape index (κ1) is 15.4. The minimum Gasteiger partial charge on any atom is -0.374 e. The maximum atomic E-state index is 6.36. The molecule has 1 aromatic rings. The van der Waals surface area contributed by atoms with E-state index in [2.05, 4.69) is 18.8 Å². The minimum atomic E-state index is -0.263. The fraction of sp³-hybridized carbons (Fsp3) is 0.643. The van der Waals surface area contributed by atoms with Crippen molar-refractivity contribution in [1.82, 2.24) is 4.98 Å². The highest BCUT2D eigenvalue weighted by Crippen LogP contribution is 2.27. The SMILES string of the molecule is CCOC(CC)(CC)C(N)Cc1ccncc1Cl. The smallest absolute Gasteiger partial charge is 0.0830 e. The standard InChI is InChI=1S/C14H23ClN2O/c1-4-14(5-2,18-6-3)13(16)9-11-7-8-17-10-12(11)15/h7-8,10,13H,4-6,9,16H2,1-3H3. The Hall–Kier alpha value is -0.640. The summed E-state index contributed by atoms with van der Waals surface area (Å²) in [7, 11) is 0. The third-order valence-corrected chi connectivity index (χ3v) is 3.94. The molecule has 18 heavy (non-hydrogen) atoms. The molecule has 0 spiro atoms. The lowest BCUT2D eigenvalue weighted by Gasteiger charge is -2.37. The Bertz CT molecular complexity index is 367. The van der Waals surface area contributed by atoms with Crippen LogP contribution in [0.15, 0.2) is 18.5 Å². The molecule has 1 rings (SSSR count). The lowest BCUT2D eigenvalue weighted by atomic mass is 9.85. The number of ether oxygens (including phenoxy) is 1. The number of hydrogen-bond donors (Lipinski definition) is 1. The third kappa shape index (κ3) is 3.44. The first-order chi connectivity index (χ1) is 8.59. The second kappa shape index (κ2) is 7.07. The third-order valence-electron chi connectivity index (χ3n) is 3.60.